The van der Waals surface area contributed by atoms with E-state index < -0.39 is 0 Å². The van der Waals surface area contributed by atoms with Crippen LogP contribution in [-0.2, 0) is 4.79 Å². The second-order valence-corrected chi connectivity index (χ2v) is 6.68. The van der Waals surface area contributed by atoms with Crippen LogP contribution in [0.4, 0.5) is 5.69 Å². The highest BCUT2D eigenvalue weighted by molar-refractivity contribution is 7.10. The molecule has 110 valence electrons. The molecule has 0 aliphatic carbocycles. The molecule has 0 spiro atoms. The van der Waals surface area contributed by atoms with Crippen LogP contribution < -0.4 is 5.32 Å². The van der Waals surface area contributed by atoms with Crippen molar-refractivity contribution in [3.8, 4) is 11.3 Å². The lowest BCUT2D eigenvalue weighted by Gasteiger charge is -2.07. The summed E-state index contributed by atoms with van der Waals surface area (Å²) in [6.45, 7) is 1.97. The van der Waals surface area contributed by atoms with Crippen molar-refractivity contribution in [2.75, 3.05) is 5.32 Å². The number of hydrogen-bond donors (Lipinski definition) is 1. The summed E-state index contributed by atoms with van der Waals surface area (Å²) in [5.74, 6) is -0.146. The van der Waals surface area contributed by atoms with E-state index in [-0.39, 0.29) is 5.91 Å². The first-order valence-electron chi connectivity index (χ1n) is 6.76. The Morgan fingerprint density at radius 3 is 2.77 bits per heavy atom. The zero-order valence-electron chi connectivity index (χ0n) is 11.9. The van der Waals surface area contributed by atoms with Gasteiger partial charge in [0, 0.05) is 21.9 Å². The Kier molecular flexibility index (Phi) is 4.46. The molecule has 3 rings (SSSR count). The van der Waals surface area contributed by atoms with Crippen LogP contribution in [-0.4, -0.2) is 10.9 Å². The molecule has 0 fully saturated rings. The number of benzene rings is 1. The number of aromatic nitrogens is 1. The molecule has 0 atom stereocenters. The molecule has 1 amide bonds. The van der Waals surface area contributed by atoms with E-state index in [9.17, 15) is 4.79 Å². The van der Waals surface area contributed by atoms with Crippen molar-refractivity contribution < 1.29 is 4.79 Å². The maximum atomic E-state index is 12.1. The maximum absolute atomic E-state index is 12.1. The van der Waals surface area contributed by atoms with Crippen LogP contribution >= 0.6 is 22.7 Å². The van der Waals surface area contributed by atoms with Gasteiger partial charge in [0.2, 0.25) is 5.91 Å². The number of nitrogens with zero attached hydrogens (tertiary/aromatic N) is 1. The number of anilines is 1. The van der Waals surface area contributed by atoms with Crippen molar-refractivity contribution >= 4 is 40.3 Å². The molecule has 22 heavy (non-hydrogen) atoms. The molecule has 2 heterocycles. The van der Waals surface area contributed by atoms with E-state index in [0.29, 0.717) is 0 Å². The average molecular weight is 326 g/mol. The summed E-state index contributed by atoms with van der Waals surface area (Å²) in [5, 5.41) is 7.92. The highest BCUT2D eigenvalue weighted by Gasteiger charge is 2.09. The fraction of sp³-hybridized carbons (Fsp3) is 0.0588. The number of amides is 1. The summed E-state index contributed by atoms with van der Waals surface area (Å²) >= 11 is 3.20. The molecule has 0 radical (unpaired) electrons. The van der Waals surface area contributed by atoms with Crippen molar-refractivity contribution in [3.05, 3.63) is 63.1 Å². The van der Waals surface area contributed by atoms with Gasteiger partial charge in [-0.25, -0.2) is 4.98 Å². The number of carbonyl (C=O) groups excluding carboxylic acids is 1. The van der Waals surface area contributed by atoms with E-state index in [1.54, 1.807) is 28.7 Å². The quantitative estimate of drug-likeness (QED) is 0.698. The predicted octanol–water partition coefficient (Wildman–Crippen LogP) is 4.83. The minimum absolute atomic E-state index is 0.146. The highest BCUT2D eigenvalue weighted by Crippen LogP contribution is 2.28. The molecule has 2 aromatic heterocycles. The molecule has 1 aromatic carbocycles. The van der Waals surface area contributed by atoms with E-state index in [1.807, 2.05) is 60.2 Å². The van der Waals surface area contributed by atoms with Gasteiger partial charge in [-0.3, -0.25) is 4.79 Å². The molecule has 0 saturated heterocycles. The molecular weight excluding hydrogens is 312 g/mol. The number of thiophene rings is 1. The van der Waals surface area contributed by atoms with Crippen LogP contribution in [0.15, 0.2) is 53.2 Å². The normalized spacial score (nSPS) is 11.0. The molecular formula is C17H14N2OS2. The van der Waals surface area contributed by atoms with Crippen LogP contribution in [0.25, 0.3) is 17.3 Å². The second kappa shape index (κ2) is 6.68. The van der Waals surface area contributed by atoms with Gasteiger partial charge in [0.1, 0.15) is 0 Å². The molecule has 5 heteroatoms. The zero-order chi connectivity index (χ0) is 15.4. The number of carbonyl (C=O) groups is 1. The Balaban J connectivity index is 1.79. The molecule has 1 N–H and O–H groups in total. The first-order valence-corrected chi connectivity index (χ1v) is 8.52. The number of hydrogen-bond acceptors (Lipinski definition) is 4. The Morgan fingerprint density at radius 2 is 2.05 bits per heavy atom. The molecule has 3 aromatic rings. The Hall–Kier alpha value is -2.24. The molecule has 3 nitrogen and oxygen atoms in total. The van der Waals surface area contributed by atoms with E-state index in [1.165, 1.54) is 0 Å². The van der Waals surface area contributed by atoms with Crippen LogP contribution in [0.5, 0.6) is 0 Å². The smallest absolute Gasteiger partial charge is 0.248 e. The van der Waals surface area contributed by atoms with Crippen molar-refractivity contribution in [1.29, 1.82) is 0 Å². The lowest BCUT2D eigenvalue weighted by atomic mass is 10.1. The molecule has 0 saturated carbocycles. The number of aryl methyl sites for hydroxylation is 1. The SMILES string of the molecule is Cc1nc(-c2ccccc2NC(=O)/C=C/c2cccs2)cs1. The van der Waals surface area contributed by atoms with Gasteiger partial charge in [0.25, 0.3) is 0 Å². The summed E-state index contributed by atoms with van der Waals surface area (Å²) in [6.07, 6.45) is 3.37. The second-order valence-electron chi connectivity index (χ2n) is 4.64. The molecule has 0 bridgehead atoms. The van der Waals surface area contributed by atoms with Gasteiger partial charge in [-0.1, -0.05) is 24.3 Å². The summed E-state index contributed by atoms with van der Waals surface area (Å²) in [5.41, 5.74) is 2.60. The monoisotopic (exact) mass is 326 g/mol. The van der Waals surface area contributed by atoms with Crippen molar-refractivity contribution in [1.82, 2.24) is 4.98 Å². The third kappa shape index (κ3) is 3.50. The minimum Gasteiger partial charge on any atom is -0.322 e. The van der Waals surface area contributed by atoms with Gasteiger partial charge in [-0.2, -0.15) is 0 Å². The topological polar surface area (TPSA) is 42.0 Å². The lowest BCUT2D eigenvalue weighted by Crippen LogP contribution is -2.08. The van der Waals surface area contributed by atoms with Crippen molar-refractivity contribution in [2.45, 2.75) is 6.92 Å². The Labute approximate surface area is 137 Å². The van der Waals surface area contributed by atoms with Crippen molar-refractivity contribution in [2.24, 2.45) is 0 Å². The fourth-order valence-electron chi connectivity index (χ4n) is 2.02. The number of para-hydroxylation sites is 1. The van der Waals surface area contributed by atoms with Crippen LogP contribution in [0.3, 0.4) is 0 Å². The fourth-order valence-corrected chi connectivity index (χ4v) is 3.25. The Morgan fingerprint density at radius 1 is 1.18 bits per heavy atom. The summed E-state index contributed by atoms with van der Waals surface area (Å²) in [4.78, 5) is 17.6. The first-order chi connectivity index (χ1) is 10.7. The third-order valence-corrected chi connectivity index (χ3v) is 4.63. The van der Waals surface area contributed by atoms with Crippen LogP contribution in [0, 0.1) is 6.92 Å². The third-order valence-electron chi connectivity index (χ3n) is 3.02. The lowest BCUT2D eigenvalue weighted by molar-refractivity contribution is -0.111. The van der Waals surface area contributed by atoms with E-state index in [0.717, 1.165) is 26.8 Å². The van der Waals surface area contributed by atoms with Gasteiger partial charge in [-0.15, -0.1) is 22.7 Å². The van der Waals surface area contributed by atoms with Crippen LogP contribution in [0.1, 0.15) is 9.88 Å². The van der Waals surface area contributed by atoms with Crippen LogP contribution in [0.2, 0.25) is 0 Å². The van der Waals surface area contributed by atoms with Gasteiger partial charge >= 0.3 is 0 Å². The van der Waals surface area contributed by atoms with Crippen molar-refractivity contribution in [3.63, 3.8) is 0 Å². The maximum Gasteiger partial charge on any atom is 0.248 e. The summed E-state index contributed by atoms with van der Waals surface area (Å²) in [7, 11) is 0. The standard InChI is InChI=1S/C17H14N2OS2/c1-12-18-16(11-22-12)14-6-2-3-7-15(14)19-17(20)9-8-13-5-4-10-21-13/h2-11H,1H3,(H,19,20)/b9-8+. The molecule has 0 aliphatic heterocycles. The van der Waals surface area contributed by atoms with Gasteiger partial charge in [-0.05, 0) is 30.5 Å². The van der Waals surface area contributed by atoms with Gasteiger partial charge in [0.05, 0.1) is 16.4 Å². The summed E-state index contributed by atoms with van der Waals surface area (Å²) in [6, 6.07) is 11.6. The molecule has 0 unspecified atom stereocenters. The van der Waals surface area contributed by atoms with Gasteiger partial charge in [0.15, 0.2) is 0 Å². The van der Waals surface area contributed by atoms with E-state index in [4.69, 9.17) is 0 Å². The van der Waals surface area contributed by atoms with Gasteiger partial charge < -0.3 is 5.32 Å². The largest absolute Gasteiger partial charge is 0.322 e. The number of nitrogens with one attached hydrogen (secondary N) is 1. The summed E-state index contributed by atoms with van der Waals surface area (Å²) < 4.78 is 0. The zero-order valence-corrected chi connectivity index (χ0v) is 13.6. The highest BCUT2D eigenvalue weighted by atomic mass is 32.1. The molecule has 0 aliphatic rings. The number of thiazole rings is 1. The number of rotatable bonds is 4. The predicted molar refractivity (Wildman–Crippen MR) is 94.3 cm³/mol. The first kappa shape index (κ1) is 14.7. The minimum atomic E-state index is -0.146. The van der Waals surface area contributed by atoms with E-state index >= 15 is 0 Å². The Bertz CT molecular complexity index is 804. The van der Waals surface area contributed by atoms with E-state index in [2.05, 4.69) is 10.3 Å². The average Bonchev–Trinajstić information content (AvgIpc) is 3.17.